The molecule has 4 aromatic rings. The Morgan fingerprint density at radius 2 is 1.61 bits per heavy atom. The standard InChI is InChI=1S/C29H35N3O3S/c1-2-3-4-5-6-7-8-9-14-27-26-13-11-10-12-23(26)21-28(29(27)36(30,33)34)35-25-17-15-24(16-18-25)32-20-19-31-22-32/h10-13,15-22H,2-9,14H2,1H3,(H2,30,33,34). The molecule has 0 unspecified atom stereocenters. The summed E-state index contributed by atoms with van der Waals surface area (Å²) in [5, 5.41) is 7.62. The Morgan fingerprint density at radius 3 is 2.28 bits per heavy atom. The van der Waals surface area contributed by atoms with Gasteiger partial charge in [0.05, 0.1) is 6.33 Å². The second kappa shape index (κ2) is 12.2. The molecule has 0 radical (unpaired) electrons. The molecule has 0 saturated heterocycles. The van der Waals surface area contributed by atoms with Crippen LogP contribution in [0.25, 0.3) is 16.5 Å². The van der Waals surface area contributed by atoms with Crippen molar-refractivity contribution < 1.29 is 13.2 Å². The quantitative estimate of drug-likeness (QED) is 0.195. The maximum atomic E-state index is 12.8. The van der Waals surface area contributed by atoms with Crippen molar-refractivity contribution in [3.05, 3.63) is 78.9 Å². The van der Waals surface area contributed by atoms with Gasteiger partial charge < -0.3 is 9.30 Å². The molecular formula is C29H35N3O3S. The van der Waals surface area contributed by atoms with E-state index in [0.29, 0.717) is 12.2 Å². The van der Waals surface area contributed by atoms with Gasteiger partial charge in [-0.15, -0.1) is 0 Å². The van der Waals surface area contributed by atoms with Crippen LogP contribution in [0.15, 0.2) is 78.2 Å². The predicted octanol–water partition coefficient (Wildman–Crippen LogP) is 7.15. The van der Waals surface area contributed by atoms with Crippen LogP contribution in [0.5, 0.6) is 11.5 Å². The summed E-state index contributed by atoms with van der Waals surface area (Å²) in [5.41, 5.74) is 1.67. The van der Waals surface area contributed by atoms with Gasteiger partial charge in [0.25, 0.3) is 0 Å². The van der Waals surface area contributed by atoms with Crippen molar-refractivity contribution in [1.29, 1.82) is 0 Å². The summed E-state index contributed by atoms with van der Waals surface area (Å²) in [6, 6.07) is 17.0. The number of imidazole rings is 1. The fourth-order valence-corrected chi connectivity index (χ4v) is 5.61. The number of ether oxygens (including phenoxy) is 1. The predicted molar refractivity (Wildman–Crippen MR) is 145 cm³/mol. The Kier molecular flexibility index (Phi) is 8.78. The molecule has 0 amide bonds. The van der Waals surface area contributed by atoms with Crippen LogP contribution in [0.2, 0.25) is 0 Å². The number of nitrogens with two attached hydrogens (primary N) is 1. The zero-order valence-corrected chi connectivity index (χ0v) is 21.7. The lowest BCUT2D eigenvalue weighted by Crippen LogP contribution is -2.16. The van der Waals surface area contributed by atoms with Crippen LogP contribution < -0.4 is 9.88 Å². The first-order valence-electron chi connectivity index (χ1n) is 12.8. The van der Waals surface area contributed by atoms with Crippen molar-refractivity contribution in [2.45, 2.75) is 69.6 Å². The van der Waals surface area contributed by atoms with E-state index in [-0.39, 0.29) is 10.6 Å². The minimum atomic E-state index is -4.01. The molecule has 0 fully saturated rings. The van der Waals surface area contributed by atoms with E-state index in [1.54, 1.807) is 18.6 Å². The molecule has 2 N–H and O–H groups in total. The molecule has 0 aliphatic rings. The Morgan fingerprint density at radius 1 is 0.917 bits per heavy atom. The van der Waals surface area contributed by atoms with Crippen molar-refractivity contribution >= 4 is 20.8 Å². The van der Waals surface area contributed by atoms with E-state index in [9.17, 15) is 8.42 Å². The molecule has 3 aromatic carbocycles. The summed E-state index contributed by atoms with van der Waals surface area (Å²) >= 11 is 0. The number of benzene rings is 3. The van der Waals surface area contributed by atoms with Gasteiger partial charge in [0, 0.05) is 18.1 Å². The molecule has 190 valence electrons. The first-order valence-corrected chi connectivity index (χ1v) is 14.4. The van der Waals surface area contributed by atoms with Crippen LogP contribution >= 0.6 is 0 Å². The van der Waals surface area contributed by atoms with Gasteiger partial charge in [0.2, 0.25) is 10.0 Å². The van der Waals surface area contributed by atoms with Gasteiger partial charge >= 0.3 is 0 Å². The highest BCUT2D eigenvalue weighted by Gasteiger charge is 2.23. The number of hydrogen-bond donors (Lipinski definition) is 1. The van der Waals surface area contributed by atoms with Gasteiger partial charge in [-0.25, -0.2) is 18.5 Å². The zero-order valence-electron chi connectivity index (χ0n) is 20.9. The largest absolute Gasteiger partial charge is 0.456 e. The van der Waals surface area contributed by atoms with Crippen LogP contribution in [0, 0.1) is 0 Å². The summed E-state index contributed by atoms with van der Waals surface area (Å²) in [7, 11) is -4.01. The van der Waals surface area contributed by atoms with Gasteiger partial charge in [-0.05, 0) is 59.5 Å². The van der Waals surface area contributed by atoms with E-state index in [1.165, 1.54) is 32.1 Å². The number of unbranched alkanes of at least 4 members (excludes halogenated alkanes) is 7. The zero-order chi connectivity index (χ0) is 25.4. The first-order chi connectivity index (χ1) is 17.5. The van der Waals surface area contributed by atoms with Gasteiger partial charge in [0.1, 0.15) is 16.4 Å². The van der Waals surface area contributed by atoms with E-state index < -0.39 is 10.0 Å². The van der Waals surface area contributed by atoms with Crippen molar-refractivity contribution in [1.82, 2.24) is 9.55 Å². The monoisotopic (exact) mass is 505 g/mol. The maximum Gasteiger partial charge on any atom is 0.242 e. The van der Waals surface area contributed by atoms with Crippen LogP contribution in [-0.4, -0.2) is 18.0 Å². The van der Waals surface area contributed by atoms with Gasteiger partial charge in [-0.3, -0.25) is 0 Å². The van der Waals surface area contributed by atoms with Gasteiger partial charge in [-0.1, -0.05) is 76.1 Å². The number of aromatic nitrogens is 2. The van der Waals surface area contributed by atoms with Gasteiger partial charge in [0.15, 0.2) is 0 Å². The SMILES string of the molecule is CCCCCCCCCCc1c(S(N)(=O)=O)c(Oc2ccc(-n3ccnc3)cc2)cc2ccccc12. The van der Waals surface area contributed by atoms with E-state index in [0.717, 1.165) is 41.3 Å². The summed E-state index contributed by atoms with van der Waals surface area (Å²) in [4.78, 5) is 4.16. The molecule has 0 atom stereocenters. The minimum absolute atomic E-state index is 0.0860. The van der Waals surface area contributed by atoms with Crippen molar-refractivity contribution in [3.8, 4) is 17.2 Å². The maximum absolute atomic E-state index is 12.8. The molecular weight excluding hydrogens is 470 g/mol. The smallest absolute Gasteiger partial charge is 0.242 e. The molecule has 7 heteroatoms. The molecule has 4 rings (SSSR count). The van der Waals surface area contributed by atoms with Crippen molar-refractivity contribution in [2.24, 2.45) is 5.14 Å². The van der Waals surface area contributed by atoms with E-state index in [2.05, 4.69) is 11.9 Å². The molecule has 1 aromatic heterocycles. The normalized spacial score (nSPS) is 11.7. The van der Waals surface area contributed by atoms with Gasteiger partial charge in [-0.2, -0.15) is 0 Å². The lowest BCUT2D eigenvalue weighted by molar-refractivity contribution is 0.466. The lowest BCUT2D eigenvalue weighted by atomic mass is 9.98. The molecule has 6 nitrogen and oxygen atoms in total. The Balaban J connectivity index is 1.59. The van der Waals surface area contributed by atoms with E-state index >= 15 is 0 Å². The number of fused-ring (bicyclic) bond motifs is 1. The summed E-state index contributed by atoms with van der Waals surface area (Å²) in [5.74, 6) is 0.804. The number of rotatable bonds is 13. The number of hydrogen-bond acceptors (Lipinski definition) is 4. The second-order valence-electron chi connectivity index (χ2n) is 9.24. The third kappa shape index (κ3) is 6.53. The molecule has 36 heavy (non-hydrogen) atoms. The van der Waals surface area contributed by atoms with Crippen LogP contribution in [0.3, 0.4) is 0 Å². The van der Waals surface area contributed by atoms with Crippen molar-refractivity contribution in [2.75, 3.05) is 0 Å². The topological polar surface area (TPSA) is 87.2 Å². The Bertz CT molecular complexity index is 1370. The highest BCUT2D eigenvalue weighted by atomic mass is 32.2. The third-order valence-electron chi connectivity index (χ3n) is 6.50. The molecule has 0 spiro atoms. The molecule has 0 bridgehead atoms. The molecule has 0 aliphatic carbocycles. The summed E-state index contributed by atoms with van der Waals surface area (Å²) < 4.78 is 33.7. The summed E-state index contributed by atoms with van der Waals surface area (Å²) in [6.45, 7) is 2.22. The first kappa shape index (κ1) is 25.9. The number of primary sulfonamides is 1. The highest BCUT2D eigenvalue weighted by molar-refractivity contribution is 7.89. The van der Waals surface area contributed by atoms with E-state index in [4.69, 9.17) is 9.88 Å². The average molecular weight is 506 g/mol. The summed E-state index contributed by atoms with van der Waals surface area (Å²) in [6.07, 6.45) is 15.4. The average Bonchev–Trinajstić information content (AvgIpc) is 3.40. The lowest BCUT2D eigenvalue weighted by Gasteiger charge is -2.17. The highest BCUT2D eigenvalue weighted by Crippen LogP contribution is 2.37. The fraction of sp³-hybridized carbons (Fsp3) is 0.345. The van der Waals surface area contributed by atoms with E-state index in [1.807, 2.05) is 59.3 Å². The van der Waals surface area contributed by atoms with Crippen molar-refractivity contribution in [3.63, 3.8) is 0 Å². The number of sulfonamides is 1. The Labute approximate surface area is 214 Å². The van der Waals surface area contributed by atoms with Crippen LogP contribution in [0.1, 0.15) is 63.9 Å². The molecule has 1 heterocycles. The van der Waals surface area contributed by atoms with Crippen LogP contribution in [0.4, 0.5) is 0 Å². The molecule has 0 aliphatic heterocycles. The van der Waals surface area contributed by atoms with Crippen LogP contribution in [-0.2, 0) is 16.4 Å². The number of aryl methyl sites for hydroxylation is 1. The third-order valence-corrected chi connectivity index (χ3v) is 7.52. The minimum Gasteiger partial charge on any atom is -0.456 e. The molecule has 0 saturated carbocycles. The Hall–Kier alpha value is -3.16. The fourth-order valence-electron chi connectivity index (χ4n) is 4.67. The second-order valence-corrected chi connectivity index (χ2v) is 10.7. The number of nitrogens with zero attached hydrogens (tertiary/aromatic N) is 2.